The molecule has 150 valence electrons. The van der Waals surface area contributed by atoms with Gasteiger partial charge in [0.2, 0.25) is 5.89 Å². The fourth-order valence-corrected chi connectivity index (χ4v) is 3.83. The van der Waals surface area contributed by atoms with Crippen LogP contribution in [0.25, 0.3) is 22.2 Å². The molecule has 0 aliphatic carbocycles. The van der Waals surface area contributed by atoms with Gasteiger partial charge in [0, 0.05) is 30.2 Å². The summed E-state index contributed by atoms with van der Waals surface area (Å²) in [5, 5.41) is 2.76. The molecule has 7 heteroatoms. The minimum absolute atomic E-state index is 0.257. The number of hydrogen-bond donors (Lipinski definition) is 1. The second-order valence-electron chi connectivity index (χ2n) is 7.27. The van der Waals surface area contributed by atoms with Crippen LogP contribution in [0.3, 0.4) is 0 Å². The van der Waals surface area contributed by atoms with E-state index < -0.39 is 5.82 Å². The van der Waals surface area contributed by atoms with Gasteiger partial charge in [0.25, 0.3) is 0 Å². The molecule has 1 atom stereocenters. The molecule has 3 heterocycles. The zero-order valence-electron chi connectivity index (χ0n) is 16.1. The second kappa shape index (κ2) is 7.59. The van der Waals surface area contributed by atoms with Crippen molar-refractivity contribution in [2.24, 2.45) is 0 Å². The summed E-state index contributed by atoms with van der Waals surface area (Å²) >= 11 is 0. The summed E-state index contributed by atoms with van der Waals surface area (Å²) in [6.07, 6.45) is 5.15. The number of rotatable bonds is 3. The second-order valence-corrected chi connectivity index (χ2v) is 7.27. The van der Waals surface area contributed by atoms with E-state index in [2.05, 4.69) is 15.3 Å². The average molecular weight is 402 g/mol. The standard InChI is InChI=1S/C23H19FN4O2/c24-17-5-1-6-18(13-17)26-23(29)28-11-3-7-20(28)22-27-19-12-15(8-9-21(19)30-22)16-4-2-10-25-14-16/h1-2,4-6,8-10,12-14,20H,3,7,11H2,(H,26,29). The van der Waals surface area contributed by atoms with E-state index in [1.807, 2.05) is 30.3 Å². The molecule has 0 spiro atoms. The molecule has 2 aromatic carbocycles. The van der Waals surface area contributed by atoms with Crippen molar-refractivity contribution in [2.45, 2.75) is 18.9 Å². The third kappa shape index (κ3) is 3.50. The lowest BCUT2D eigenvalue weighted by Gasteiger charge is -2.22. The van der Waals surface area contributed by atoms with Gasteiger partial charge in [-0.25, -0.2) is 14.2 Å². The van der Waals surface area contributed by atoms with Crippen LogP contribution in [0.2, 0.25) is 0 Å². The van der Waals surface area contributed by atoms with Gasteiger partial charge in [-0.05, 0) is 54.8 Å². The normalized spacial score (nSPS) is 16.2. The van der Waals surface area contributed by atoms with Gasteiger partial charge in [-0.1, -0.05) is 18.2 Å². The summed E-state index contributed by atoms with van der Waals surface area (Å²) in [5.41, 5.74) is 3.84. The Labute approximate surface area is 172 Å². The largest absolute Gasteiger partial charge is 0.438 e. The molecular formula is C23H19FN4O2. The van der Waals surface area contributed by atoms with Crippen LogP contribution in [-0.4, -0.2) is 27.4 Å². The van der Waals surface area contributed by atoms with Crippen LogP contribution in [0.4, 0.5) is 14.9 Å². The van der Waals surface area contributed by atoms with E-state index in [1.54, 1.807) is 29.4 Å². The fraction of sp³-hybridized carbons (Fsp3) is 0.174. The van der Waals surface area contributed by atoms with Crippen molar-refractivity contribution in [3.63, 3.8) is 0 Å². The molecule has 2 amide bonds. The van der Waals surface area contributed by atoms with Crippen molar-refractivity contribution in [1.29, 1.82) is 0 Å². The topological polar surface area (TPSA) is 71.3 Å². The number of oxazole rings is 1. The van der Waals surface area contributed by atoms with Gasteiger partial charge in [0.1, 0.15) is 17.4 Å². The quantitative estimate of drug-likeness (QED) is 0.498. The molecule has 6 nitrogen and oxygen atoms in total. The Morgan fingerprint density at radius 2 is 2.07 bits per heavy atom. The highest BCUT2D eigenvalue weighted by Crippen LogP contribution is 2.34. The minimum Gasteiger partial charge on any atom is -0.438 e. The van der Waals surface area contributed by atoms with E-state index in [-0.39, 0.29) is 12.1 Å². The predicted octanol–water partition coefficient (Wildman–Crippen LogP) is 5.40. The number of carbonyl (C=O) groups is 1. The maximum Gasteiger partial charge on any atom is 0.322 e. The van der Waals surface area contributed by atoms with Gasteiger partial charge in [-0.3, -0.25) is 4.98 Å². The Kier molecular flexibility index (Phi) is 4.63. The minimum atomic E-state index is -0.394. The van der Waals surface area contributed by atoms with Crippen LogP contribution in [0.15, 0.2) is 71.4 Å². The number of hydrogen-bond acceptors (Lipinski definition) is 4. The van der Waals surface area contributed by atoms with Crippen molar-refractivity contribution >= 4 is 22.8 Å². The van der Waals surface area contributed by atoms with Gasteiger partial charge in [0.05, 0.1) is 0 Å². The summed E-state index contributed by atoms with van der Waals surface area (Å²) in [4.78, 5) is 23.3. The van der Waals surface area contributed by atoms with Crippen molar-refractivity contribution in [3.05, 3.63) is 78.7 Å². The molecule has 1 unspecified atom stereocenters. The SMILES string of the molecule is O=C(Nc1cccc(F)c1)N1CCCC1c1nc2cc(-c3cccnc3)ccc2o1. The molecule has 2 aromatic heterocycles. The molecule has 5 rings (SSSR count). The molecule has 1 saturated heterocycles. The van der Waals surface area contributed by atoms with Gasteiger partial charge < -0.3 is 14.6 Å². The highest BCUT2D eigenvalue weighted by molar-refractivity contribution is 5.89. The van der Waals surface area contributed by atoms with Gasteiger partial charge >= 0.3 is 6.03 Å². The maximum atomic E-state index is 13.4. The van der Waals surface area contributed by atoms with E-state index in [0.29, 0.717) is 23.7 Å². The third-order valence-electron chi connectivity index (χ3n) is 5.27. The van der Waals surface area contributed by atoms with E-state index in [4.69, 9.17) is 4.42 Å². The summed E-state index contributed by atoms with van der Waals surface area (Å²) in [7, 11) is 0. The number of amides is 2. The van der Waals surface area contributed by atoms with E-state index >= 15 is 0 Å². The summed E-state index contributed by atoms with van der Waals surface area (Å²) in [6, 6.07) is 15.0. The molecule has 1 N–H and O–H groups in total. The first-order chi connectivity index (χ1) is 14.7. The van der Waals surface area contributed by atoms with E-state index in [9.17, 15) is 9.18 Å². The van der Waals surface area contributed by atoms with Crippen molar-refractivity contribution in [2.75, 3.05) is 11.9 Å². The average Bonchev–Trinajstić information content (AvgIpc) is 3.41. The smallest absolute Gasteiger partial charge is 0.322 e. The molecule has 4 aromatic rings. The van der Waals surface area contributed by atoms with Gasteiger partial charge in [0.15, 0.2) is 5.58 Å². The number of nitrogens with zero attached hydrogens (tertiary/aromatic N) is 3. The Bertz CT molecular complexity index is 1210. The molecule has 0 radical (unpaired) electrons. The number of benzene rings is 2. The zero-order chi connectivity index (χ0) is 20.5. The Balaban J connectivity index is 1.40. The Morgan fingerprint density at radius 1 is 1.13 bits per heavy atom. The fourth-order valence-electron chi connectivity index (χ4n) is 3.83. The Morgan fingerprint density at radius 3 is 2.90 bits per heavy atom. The molecule has 1 aliphatic rings. The maximum absolute atomic E-state index is 13.4. The zero-order valence-corrected chi connectivity index (χ0v) is 16.1. The summed E-state index contributed by atoms with van der Waals surface area (Å²) in [6.45, 7) is 0.589. The first-order valence-corrected chi connectivity index (χ1v) is 9.81. The van der Waals surface area contributed by atoms with Gasteiger partial charge in [-0.2, -0.15) is 0 Å². The van der Waals surface area contributed by atoms with Crippen LogP contribution >= 0.6 is 0 Å². The molecule has 0 saturated carbocycles. The highest BCUT2D eigenvalue weighted by Gasteiger charge is 2.33. The number of likely N-dealkylation sites (tertiary alicyclic amines) is 1. The van der Waals surface area contributed by atoms with Crippen LogP contribution < -0.4 is 5.32 Å². The number of halogens is 1. The van der Waals surface area contributed by atoms with Crippen molar-refractivity contribution in [3.8, 4) is 11.1 Å². The number of nitrogens with one attached hydrogen (secondary N) is 1. The molecule has 0 bridgehead atoms. The lowest BCUT2D eigenvalue weighted by atomic mass is 10.1. The monoisotopic (exact) mass is 402 g/mol. The lowest BCUT2D eigenvalue weighted by molar-refractivity contribution is 0.199. The van der Waals surface area contributed by atoms with Crippen molar-refractivity contribution in [1.82, 2.24) is 14.9 Å². The van der Waals surface area contributed by atoms with Crippen LogP contribution in [0.1, 0.15) is 24.8 Å². The van der Waals surface area contributed by atoms with Crippen LogP contribution in [0.5, 0.6) is 0 Å². The summed E-state index contributed by atoms with van der Waals surface area (Å²) in [5.74, 6) is 0.120. The molecule has 30 heavy (non-hydrogen) atoms. The first kappa shape index (κ1) is 18.3. The predicted molar refractivity (Wildman–Crippen MR) is 111 cm³/mol. The molecule has 1 aliphatic heterocycles. The Hall–Kier alpha value is -3.74. The van der Waals surface area contributed by atoms with E-state index in [0.717, 1.165) is 29.5 Å². The van der Waals surface area contributed by atoms with Crippen LogP contribution in [-0.2, 0) is 0 Å². The number of carbonyl (C=O) groups excluding carboxylic acids is 1. The summed E-state index contributed by atoms with van der Waals surface area (Å²) < 4.78 is 19.4. The van der Waals surface area contributed by atoms with Crippen LogP contribution in [0, 0.1) is 5.82 Å². The highest BCUT2D eigenvalue weighted by atomic mass is 19.1. The number of urea groups is 1. The van der Waals surface area contributed by atoms with Crippen molar-refractivity contribution < 1.29 is 13.6 Å². The van der Waals surface area contributed by atoms with Gasteiger partial charge in [-0.15, -0.1) is 0 Å². The number of pyridine rings is 1. The molecule has 1 fully saturated rings. The first-order valence-electron chi connectivity index (χ1n) is 9.81. The number of aromatic nitrogens is 2. The number of anilines is 1. The molecular weight excluding hydrogens is 383 g/mol. The van der Waals surface area contributed by atoms with E-state index in [1.165, 1.54) is 12.1 Å². The number of fused-ring (bicyclic) bond motifs is 1. The lowest BCUT2D eigenvalue weighted by Crippen LogP contribution is -2.34. The third-order valence-corrected chi connectivity index (χ3v) is 5.27.